The number of alkyl halides is 3. The third kappa shape index (κ3) is 8.59. The van der Waals surface area contributed by atoms with Gasteiger partial charge in [0.2, 0.25) is 0 Å². The van der Waals surface area contributed by atoms with Crippen LogP contribution in [0.4, 0.5) is 13.2 Å². The maximum atomic E-state index is 13.3. The van der Waals surface area contributed by atoms with E-state index in [9.17, 15) is 28.2 Å². The van der Waals surface area contributed by atoms with Crippen molar-refractivity contribution >= 4 is 28.6 Å². The second-order valence-corrected chi connectivity index (χ2v) is 11.8. The summed E-state index contributed by atoms with van der Waals surface area (Å²) >= 11 is 1.23. The average molecular weight is 591 g/mol. The fourth-order valence-electron chi connectivity index (χ4n) is 5.76. The van der Waals surface area contributed by atoms with Gasteiger partial charge in [-0.15, -0.1) is 11.8 Å². The van der Waals surface area contributed by atoms with E-state index in [1.807, 2.05) is 24.3 Å². The molecule has 0 unspecified atom stereocenters. The number of carboxylic acid groups (broad SMARTS) is 1. The molecule has 1 saturated heterocycles. The number of hydrogen-bond acceptors (Lipinski definition) is 6. The van der Waals surface area contributed by atoms with Crippen molar-refractivity contribution in [1.82, 2.24) is 9.88 Å². The van der Waals surface area contributed by atoms with Gasteiger partial charge in [0.1, 0.15) is 5.75 Å². The van der Waals surface area contributed by atoms with Crippen LogP contribution >= 0.6 is 11.8 Å². The minimum atomic E-state index is -4.37. The standard InChI is InChI=1S/C31H37F3N2O4S/c1-40-23-9-10-27-25(19-23)24(13-15-35-27)28(37)11-7-21-14-17-36(20-22(21)8-12-30(38)39)16-4-18-41-29-6-3-2-5-26(29)31(32,33)34/h2-3,5-6,9-10,13,15,19,21-22,28,37H,4,7-8,11-12,14,16-18,20H2,1H3,(H,38,39)/t21-,22-,28-/m1/s1. The molecular weight excluding hydrogens is 553 g/mol. The maximum Gasteiger partial charge on any atom is 0.417 e. The summed E-state index contributed by atoms with van der Waals surface area (Å²) in [6, 6.07) is 13.1. The van der Waals surface area contributed by atoms with Crippen LogP contribution in [0.1, 0.15) is 55.8 Å². The summed E-state index contributed by atoms with van der Waals surface area (Å²) in [4.78, 5) is 18.3. The number of thioether (sulfide) groups is 1. The van der Waals surface area contributed by atoms with Gasteiger partial charge < -0.3 is 19.8 Å². The van der Waals surface area contributed by atoms with Crippen LogP contribution in [0.5, 0.6) is 5.75 Å². The largest absolute Gasteiger partial charge is 0.497 e. The first-order valence-corrected chi connectivity index (χ1v) is 15.0. The van der Waals surface area contributed by atoms with Gasteiger partial charge in [0.05, 0.1) is 24.3 Å². The van der Waals surface area contributed by atoms with Crippen LogP contribution in [-0.2, 0) is 11.0 Å². The zero-order chi connectivity index (χ0) is 29.4. The van der Waals surface area contributed by atoms with Gasteiger partial charge in [0, 0.05) is 29.4 Å². The molecule has 0 radical (unpaired) electrons. The number of aromatic nitrogens is 1. The summed E-state index contributed by atoms with van der Waals surface area (Å²) in [5.41, 5.74) is 0.994. The van der Waals surface area contributed by atoms with Gasteiger partial charge in [0.15, 0.2) is 0 Å². The molecule has 4 rings (SSSR count). The lowest BCUT2D eigenvalue weighted by Gasteiger charge is -2.39. The molecule has 2 aromatic carbocycles. The maximum absolute atomic E-state index is 13.3. The summed E-state index contributed by atoms with van der Waals surface area (Å²) in [5.74, 6) is 0.917. The monoisotopic (exact) mass is 590 g/mol. The molecule has 6 nitrogen and oxygen atoms in total. The van der Waals surface area contributed by atoms with Crippen LogP contribution in [0.2, 0.25) is 0 Å². The molecule has 0 saturated carbocycles. The number of hydrogen-bond donors (Lipinski definition) is 2. The van der Waals surface area contributed by atoms with Crippen molar-refractivity contribution in [2.45, 2.75) is 55.7 Å². The van der Waals surface area contributed by atoms with E-state index in [2.05, 4.69) is 9.88 Å². The van der Waals surface area contributed by atoms with Crippen molar-refractivity contribution in [3.63, 3.8) is 0 Å². The predicted octanol–water partition coefficient (Wildman–Crippen LogP) is 7.06. The lowest BCUT2D eigenvalue weighted by Crippen LogP contribution is -2.41. The Morgan fingerprint density at radius 2 is 1.98 bits per heavy atom. The first kappa shape index (κ1) is 31.1. The Balaban J connectivity index is 1.32. The summed E-state index contributed by atoms with van der Waals surface area (Å²) in [6.45, 7) is 2.36. The number of halogens is 3. The molecule has 0 amide bonds. The molecule has 1 aliphatic rings. The number of methoxy groups -OCH3 is 1. The van der Waals surface area contributed by atoms with E-state index >= 15 is 0 Å². The SMILES string of the molecule is COc1ccc2nccc([C@H](O)CC[C@@H]3CCN(CCCSc4ccccc4C(F)(F)F)C[C@H]3CCC(=O)O)c2c1. The van der Waals surface area contributed by atoms with Crippen molar-refractivity contribution < 1.29 is 32.9 Å². The first-order chi connectivity index (χ1) is 19.7. The fraction of sp³-hybridized carbons (Fsp3) is 0.484. The van der Waals surface area contributed by atoms with Crippen LogP contribution in [0, 0.1) is 11.8 Å². The highest BCUT2D eigenvalue weighted by molar-refractivity contribution is 7.99. The van der Waals surface area contributed by atoms with E-state index in [-0.39, 0.29) is 23.2 Å². The number of rotatable bonds is 13. The summed E-state index contributed by atoms with van der Waals surface area (Å²) in [6.07, 6.45) is 0.275. The molecule has 2 heterocycles. The van der Waals surface area contributed by atoms with Crippen molar-refractivity contribution in [1.29, 1.82) is 0 Å². The molecule has 3 aromatic rings. The molecule has 0 aliphatic carbocycles. The number of piperidine rings is 1. The number of aliphatic hydroxyl groups excluding tert-OH is 1. The topological polar surface area (TPSA) is 82.9 Å². The third-order valence-corrected chi connectivity index (χ3v) is 9.09. The number of likely N-dealkylation sites (tertiary alicyclic amines) is 1. The van der Waals surface area contributed by atoms with E-state index < -0.39 is 23.8 Å². The molecule has 10 heteroatoms. The molecule has 222 valence electrons. The third-order valence-electron chi connectivity index (χ3n) is 7.93. The van der Waals surface area contributed by atoms with Gasteiger partial charge in [0.25, 0.3) is 0 Å². The smallest absolute Gasteiger partial charge is 0.417 e. The van der Waals surface area contributed by atoms with Gasteiger partial charge in [-0.3, -0.25) is 9.78 Å². The van der Waals surface area contributed by atoms with Crippen LogP contribution in [0.15, 0.2) is 59.6 Å². The number of benzene rings is 2. The Labute approximate surface area is 242 Å². The van der Waals surface area contributed by atoms with Gasteiger partial charge in [-0.05, 0) is 105 Å². The number of pyridine rings is 1. The Morgan fingerprint density at radius 1 is 1.17 bits per heavy atom. The second-order valence-electron chi connectivity index (χ2n) is 10.6. The highest BCUT2D eigenvalue weighted by Gasteiger charge is 2.33. The van der Waals surface area contributed by atoms with Gasteiger partial charge >= 0.3 is 12.1 Å². The van der Waals surface area contributed by atoms with E-state index in [4.69, 9.17) is 4.74 Å². The summed E-state index contributed by atoms with van der Waals surface area (Å²) in [5, 5.41) is 21.3. The average Bonchev–Trinajstić information content (AvgIpc) is 2.96. The number of aliphatic hydroxyl groups is 1. The molecule has 1 fully saturated rings. The summed E-state index contributed by atoms with van der Waals surface area (Å²) < 4.78 is 45.2. The van der Waals surface area contributed by atoms with E-state index in [1.165, 1.54) is 23.9 Å². The van der Waals surface area contributed by atoms with Gasteiger partial charge in [-0.2, -0.15) is 13.2 Å². The number of carbonyl (C=O) groups is 1. The highest BCUT2D eigenvalue weighted by atomic mass is 32.2. The fourth-order valence-corrected chi connectivity index (χ4v) is 6.77. The Kier molecular flexibility index (Phi) is 10.9. The second kappa shape index (κ2) is 14.4. The van der Waals surface area contributed by atoms with E-state index in [1.54, 1.807) is 19.4 Å². The van der Waals surface area contributed by atoms with Crippen molar-refractivity contribution in [3.8, 4) is 5.75 Å². The Hall–Kier alpha value is -2.82. The predicted molar refractivity (Wildman–Crippen MR) is 154 cm³/mol. The van der Waals surface area contributed by atoms with Crippen molar-refractivity contribution in [3.05, 3.63) is 65.9 Å². The highest BCUT2D eigenvalue weighted by Crippen LogP contribution is 2.38. The first-order valence-electron chi connectivity index (χ1n) is 14.0. The Morgan fingerprint density at radius 3 is 2.73 bits per heavy atom. The lowest BCUT2D eigenvalue weighted by atomic mass is 9.79. The molecule has 1 aliphatic heterocycles. The number of fused-ring (bicyclic) bond motifs is 1. The van der Waals surface area contributed by atoms with E-state index in [0.29, 0.717) is 24.3 Å². The van der Waals surface area contributed by atoms with Gasteiger partial charge in [-0.25, -0.2) is 0 Å². The summed E-state index contributed by atoms with van der Waals surface area (Å²) in [7, 11) is 1.60. The number of ether oxygens (including phenoxy) is 1. The zero-order valence-corrected chi connectivity index (χ0v) is 24.0. The molecular formula is C31H37F3N2O4S. The van der Waals surface area contributed by atoms with Crippen LogP contribution in [0.25, 0.3) is 10.9 Å². The normalized spacial score (nSPS) is 18.9. The van der Waals surface area contributed by atoms with Crippen LogP contribution in [0.3, 0.4) is 0 Å². The zero-order valence-electron chi connectivity index (χ0n) is 23.1. The quantitative estimate of drug-likeness (QED) is 0.163. The number of nitrogens with zero attached hydrogens (tertiary/aromatic N) is 2. The molecule has 1 aromatic heterocycles. The van der Waals surface area contributed by atoms with E-state index in [0.717, 1.165) is 61.4 Å². The minimum absolute atomic E-state index is 0.0937. The Bertz CT molecular complexity index is 1310. The molecule has 3 atom stereocenters. The lowest BCUT2D eigenvalue weighted by molar-refractivity contribution is -0.140. The van der Waals surface area contributed by atoms with Crippen LogP contribution < -0.4 is 4.74 Å². The number of carboxylic acids is 1. The molecule has 0 bridgehead atoms. The van der Waals surface area contributed by atoms with Crippen molar-refractivity contribution in [2.75, 3.05) is 32.5 Å². The van der Waals surface area contributed by atoms with Crippen LogP contribution in [-0.4, -0.2) is 58.6 Å². The molecule has 41 heavy (non-hydrogen) atoms. The minimum Gasteiger partial charge on any atom is -0.497 e. The number of aliphatic carboxylic acids is 1. The molecule has 2 N–H and O–H groups in total. The molecule has 0 spiro atoms. The van der Waals surface area contributed by atoms with Crippen molar-refractivity contribution in [2.24, 2.45) is 11.8 Å². The van der Waals surface area contributed by atoms with Gasteiger partial charge in [-0.1, -0.05) is 12.1 Å².